The predicted octanol–water partition coefficient (Wildman–Crippen LogP) is 7.54. The van der Waals surface area contributed by atoms with Crippen LogP contribution >= 0.6 is 0 Å². The normalized spacial score (nSPS) is 20.5. The summed E-state index contributed by atoms with van der Waals surface area (Å²) in [6.07, 6.45) is 18.9. The quantitative estimate of drug-likeness (QED) is 0.0132. The molecule has 3 saturated carbocycles. The molecule has 0 aliphatic heterocycles. The van der Waals surface area contributed by atoms with E-state index in [2.05, 4.69) is 97.2 Å². The van der Waals surface area contributed by atoms with Crippen molar-refractivity contribution in [3.63, 3.8) is 0 Å². The highest BCUT2D eigenvalue weighted by molar-refractivity contribution is 5.82. The van der Waals surface area contributed by atoms with Crippen molar-refractivity contribution in [3.8, 4) is 0 Å². The summed E-state index contributed by atoms with van der Waals surface area (Å²) in [7, 11) is 7.77. The highest BCUT2D eigenvalue weighted by atomic mass is 16.6. The molecule has 0 saturated heterocycles. The van der Waals surface area contributed by atoms with Crippen LogP contribution in [0.1, 0.15) is 190 Å². The van der Waals surface area contributed by atoms with Crippen molar-refractivity contribution in [2.45, 2.75) is 203 Å². The average molecular weight is 1600 g/mol. The molecule has 5 amide bonds. The maximum absolute atomic E-state index is 14.7. The van der Waals surface area contributed by atoms with E-state index in [1.54, 1.807) is 6.20 Å². The Morgan fingerprint density at radius 1 is 0.504 bits per heavy atom. The van der Waals surface area contributed by atoms with Gasteiger partial charge >= 0.3 is 48.4 Å². The number of aryl methyl sites for hydroxylation is 1. The van der Waals surface area contributed by atoms with Crippen LogP contribution in [0, 0.1) is 62.6 Å². The molecule has 4 aliphatic carbocycles. The van der Waals surface area contributed by atoms with Gasteiger partial charge in [-0.05, 0) is 277 Å². The molecule has 4 aliphatic rings. The topological polar surface area (TPSA) is 418 Å². The first kappa shape index (κ1) is 96.9. The number of carbonyl (C=O) groups excluding carboxylic acids is 8. The molecule has 0 unspecified atom stereocenters. The Kier molecular flexibility index (Phi) is 42.9. The average Bonchev–Trinajstić information content (AvgIpc) is 1.71. The molecule has 13 N–H and O–H groups in total. The summed E-state index contributed by atoms with van der Waals surface area (Å²) >= 11 is 0. The largest absolute Gasteiger partial charge is 0.464 e. The molecule has 1 aromatic heterocycles. The zero-order valence-corrected chi connectivity index (χ0v) is 71.0. The number of hydrogen-bond acceptors (Lipinski definition) is 26. The van der Waals surface area contributed by atoms with E-state index in [1.807, 2.05) is 28.2 Å². The summed E-state index contributed by atoms with van der Waals surface area (Å²) in [4.78, 5) is 118. The Balaban J connectivity index is 1.27. The van der Waals surface area contributed by atoms with Gasteiger partial charge in [0.2, 0.25) is 0 Å². The van der Waals surface area contributed by atoms with Crippen LogP contribution in [0.4, 0.5) is 24.0 Å². The minimum absolute atomic E-state index is 0.122. The summed E-state index contributed by atoms with van der Waals surface area (Å²) in [5.74, 6) is 1.26. The molecular formula is C81H148N16O16. The first-order chi connectivity index (χ1) is 53.9. The molecular weight excluding hydrogens is 1450 g/mol. The SMILES string of the molecule is CC(C)CCC[C@@H](C)[C@H]1CC[C@H]2[C@@H]3CC=C4C[C@@H](OC(=O)NCCCn5cc(COC(=O)C(C)(COC(=O)C(C)(COC(=O)NCCCN(C)CCCN)COC(=O)NCCCN(C)CCCN)COC(=O)C(C)(COC(=O)NCCCN(C)CCCN)COC(=O)NCCCN(C)CCCN)nn5)CC[C@]4(C)[C@H]3CC[C@]12C. The highest BCUT2D eigenvalue weighted by Gasteiger charge is 2.59. The maximum Gasteiger partial charge on any atom is 0.407 e. The summed E-state index contributed by atoms with van der Waals surface area (Å²) in [5, 5.41) is 22.1. The van der Waals surface area contributed by atoms with Gasteiger partial charge in [0.15, 0.2) is 0 Å². The van der Waals surface area contributed by atoms with E-state index in [0.717, 1.165) is 101 Å². The molecule has 0 spiro atoms. The van der Waals surface area contributed by atoms with Crippen LogP contribution < -0.4 is 49.5 Å². The van der Waals surface area contributed by atoms with E-state index in [9.17, 15) is 38.4 Å². The van der Waals surface area contributed by atoms with Gasteiger partial charge < -0.3 is 107 Å². The maximum atomic E-state index is 14.7. The minimum atomic E-state index is -2.05. The molecule has 8 atom stereocenters. The lowest BCUT2D eigenvalue weighted by atomic mass is 9.47. The highest BCUT2D eigenvalue weighted by Crippen LogP contribution is 2.67. The second-order valence-corrected chi connectivity index (χ2v) is 34.4. The Morgan fingerprint density at radius 2 is 0.912 bits per heavy atom. The molecule has 32 nitrogen and oxygen atoms in total. The number of carbonyl (C=O) groups is 8. The smallest absolute Gasteiger partial charge is 0.407 e. The number of aromatic nitrogens is 3. The Bertz CT molecular complexity index is 2880. The van der Waals surface area contributed by atoms with Crippen molar-refractivity contribution in [1.82, 2.24) is 61.2 Å². The van der Waals surface area contributed by atoms with Gasteiger partial charge in [0.25, 0.3) is 0 Å². The number of allylic oxidation sites excluding steroid dienone is 1. The number of ether oxygens (including phenoxy) is 8. The van der Waals surface area contributed by atoms with E-state index < -0.39 is 111 Å². The Morgan fingerprint density at radius 3 is 1.35 bits per heavy atom. The first-order valence-electron chi connectivity index (χ1n) is 42.1. The lowest BCUT2D eigenvalue weighted by Crippen LogP contribution is -2.51. The Hall–Kier alpha value is -6.68. The van der Waals surface area contributed by atoms with Gasteiger partial charge in [-0.1, -0.05) is 70.7 Å². The van der Waals surface area contributed by atoms with Crippen molar-refractivity contribution in [2.24, 2.45) is 85.5 Å². The standard InChI is InChI=1S/C81H148N16O16/c1-60(2)23-13-24-61(3)66-27-28-67-65-26-25-62-51-64(29-31-80(62,7)68(65)30-32-81(66,67)8)113-76(105)90-41-22-50-97-52-63(91-92-97)53-106-69(98)77(4,54-107-70(99)78(5,56-109-72(101)86-37-18-46-93(9)42-14-33-82)57-110-73(102)87-38-19-47-94(10)43-15-34-83)55-108-71(100)79(6,58-111-74(103)88-39-20-48-95(11)44-16-35-84)59-112-75(104)89-40-21-49-96(12)45-17-36-85/h25,52,60-61,64-68H,13-24,26-51,53-59,82-85H2,1-12H3,(H,86,101)(H,87,102)(H,88,103)(H,89,104)(H,90,105)/t61-,64+,65+,66-,67+,68+,80+,81-/m1/s1. The van der Waals surface area contributed by atoms with Gasteiger partial charge in [0.1, 0.15) is 74.3 Å². The van der Waals surface area contributed by atoms with Gasteiger partial charge in [-0.3, -0.25) is 19.1 Å². The summed E-state index contributed by atoms with van der Waals surface area (Å²) < 4.78 is 47.7. The molecule has 1 heterocycles. The lowest BCUT2D eigenvalue weighted by Gasteiger charge is -2.58. The zero-order chi connectivity index (χ0) is 83.0. The fourth-order valence-corrected chi connectivity index (χ4v) is 16.6. The zero-order valence-electron chi connectivity index (χ0n) is 71.0. The van der Waals surface area contributed by atoms with Gasteiger partial charge in [0, 0.05) is 45.7 Å². The molecule has 0 aromatic carbocycles. The van der Waals surface area contributed by atoms with Crippen molar-refractivity contribution < 1.29 is 76.3 Å². The summed E-state index contributed by atoms with van der Waals surface area (Å²) in [5.41, 5.74) is 19.1. The number of amides is 5. The van der Waals surface area contributed by atoms with Crippen LogP contribution in [0.2, 0.25) is 0 Å². The molecule has 1 aromatic rings. The van der Waals surface area contributed by atoms with Crippen LogP contribution in [0.5, 0.6) is 0 Å². The number of esters is 3. The number of rotatable bonds is 55. The molecule has 0 bridgehead atoms. The number of alkyl carbamates (subject to hydrolysis) is 5. The number of nitrogens with one attached hydrogen (secondary N) is 5. The first-order valence-corrected chi connectivity index (χ1v) is 42.1. The van der Waals surface area contributed by atoms with Crippen LogP contribution in [-0.4, -0.2) is 268 Å². The van der Waals surface area contributed by atoms with E-state index in [4.69, 9.17) is 60.8 Å². The molecule has 0 radical (unpaired) electrons. The fraction of sp³-hybridized carbons (Fsp3) is 0.852. The third-order valence-electron chi connectivity index (χ3n) is 23.8. The van der Waals surface area contributed by atoms with Crippen LogP contribution in [0.15, 0.2) is 17.8 Å². The number of nitrogens with zero attached hydrogens (tertiary/aromatic N) is 7. The number of hydrogen-bond donors (Lipinski definition) is 9. The van der Waals surface area contributed by atoms with Crippen LogP contribution in [-0.2, 0) is 65.4 Å². The predicted molar refractivity (Wildman–Crippen MR) is 433 cm³/mol. The van der Waals surface area contributed by atoms with Crippen LogP contribution in [0.3, 0.4) is 0 Å². The number of nitrogens with two attached hydrogens (primary N) is 4. The van der Waals surface area contributed by atoms with Gasteiger partial charge in [-0.25, -0.2) is 24.0 Å². The van der Waals surface area contributed by atoms with Crippen molar-refractivity contribution >= 4 is 48.4 Å². The third-order valence-corrected chi connectivity index (χ3v) is 23.8. The van der Waals surface area contributed by atoms with Crippen molar-refractivity contribution in [3.05, 3.63) is 23.5 Å². The molecule has 32 heteroatoms. The minimum Gasteiger partial charge on any atom is -0.464 e. The monoisotopic (exact) mass is 1600 g/mol. The summed E-state index contributed by atoms with van der Waals surface area (Å²) in [6, 6.07) is 0. The fourth-order valence-electron chi connectivity index (χ4n) is 16.6. The van der Waals surface area contributed by atoms with Crippen LogP contribution in [0.25, 0.3) is 0 Å². The number of fused-ring (bicyclic) bond motifs is 5. The van der Waals surface area contributed by atoms with Gasteiger partial charge in [0.05, 0.1) is 6.20 Å². The van der Waals surface area contributed by atoms with E-state index >= 15 is 0 Å². The lowest BCUT2D eigenvalue weighted by molar-refractivity contribution is -0.179. The molecule has 3 fully saturated rings. The van der Waals surface area contributed by atoms with E-state index in [0.29, 0.717) is 108 Å². The van der Waals surface area contributed by atoms with E-state index in [1.165, 1.54) is 76.0 Å². The van der Waals surface area contributed by atoms with E-state index in [-0.39, 0.29) is 49.9 Å². The van der Waals surface area contributed by atoms with Gasteiger partial charge in [-0.2, -0.15) is 0 Å². The Labute approximate surface area is 674 Å². The second-order valence-electron chi connectivity index (χ2n) is 34.4. The summed E-state index contributed by atoms with van der Waals surface area (Å²) in [6.45, 7) is 21.0. The molecule has 5 rings (SSSR count). The third kappa shape index (κ3) is 33.1. The van der Waals surface area contributed by atoms with Gasteiger partial charge in [-0.15, -0.1) is 5.10 Å². The second kappa shape index (κ2) is 50.1. The molecule has 113 heavy (non-hydrogen) atoms. The van der Waals surface area contributed by atoms with Crippen molar-refractivity contribution in [2.75, 3.05) is 179 Å². The molecule has 648 valence electrons. The van der Waals surface area contributed by atoms with Crippen molar-refractivity contribution in [1.29, 1.82) is 0 Å².